The number of benzene rings is 3. The summed E-state index contributed by atoms with van der Waals surface area (Å²) in [5.41, 5.74) is 3.15. The van der Waals surface area contributed by atoms with Crippen LogP contribution < -0.4 is 14.8 Å². The molecule has 3 aromatic carbocycles. The molecule has 0 aliphatic carbocycles. The predicted octanol–water partition coefficient (Wildman–Crippen LogP) is 6.62. The molecule has 1 N–H and O–H groups in total. The maximum atomic E-state index is 12.5. The third-order valence-electron chi connectivity index (χ3n) is 5.17. The van der Waals surface area contributed by atoms with E-state index in [1.165, 1.54) is 6.08 Å². The van der Waals surface area contributed by atoms with Gasteiger partial charge in [0.1, 0.15) is 17.6 Å². The Hall–Kier alpha value is -3.99. The number of methoxy groups -OCH3 is 1. The molecule has 0 fully saturated rings. The van der Waals surface area contributed by atoms with E-state index in [0.717, 1.165) is 16.7 Å². The van der Waals surface area contributed by atoms with Crippen LogP contribution in [-0.2, 0) is 4.79 Å². The smallest absolute Gasteiger partial charge is 0.248 e. The summed E-state index contributed by atoms with van der Waals surface area (Å²) in [5, 5.41) is 3.76. The van der Waals surface area contributed by atoms with Crippen molar-refractivity contribution in [2.24, 2.45) is 0 Å². The molecule has 4 aromatic rings. The van der Waals surface area contributed by atoms with Crippen LogP contribution in [0.15, 0.2) is 89.4 Å². The number of furan rings is 1. The van der Waals surface area contributed by atoms with E-state index in [4.69, 9.17) is 13.9 Å². The molecular weight excluding hydrogens is 402 g/mol. The van der Waals surface area contributed by atoms with Crippen LogP contribution in [0.4, 0.5) is 5.69 Å². The third kappa shape index (κ3) is 4.83. The Balaban J connectivity index is 1.52. The van der Waals surface area contributed by atoms with Gasteiger partial charge in [-0.1, -0.05) is 42.5 Å². The Morgan fingerprint density at radius 3 is 2.47 bits per heavy atom. The molecule has 32 heavy (non-hydrogen) atoms. The van der Waals surface area contributed by atoms with Gasteiger partial charge in [-0.05, 0) is 61.4 Å². The maximum Gasteiger partial charge on any atom is 0.248 e. The highest BCUT2D eigenvalue weighted by Gasteiger charge is 2.14. The molecule has 0 saturated heterocycles. The highest BCUT2D eigenvalue weighted by Crippen LogP contribution is 2.34. The second-order valence-corrected chi connectivity index (χ2v) is 7.50. The normalized spacial score (nSPS) is 12.4. The number of hydrogen-bond donors (Lipinski definition) is 1. The van der Waals surface area contributed by atoms with Crippen molar-refractivity contribution in [1.29, 1.82) is 0 Å². The molecule has 5 heteroatoms. The van der Waals surface area contributed by atoms with Gasteiger partial charge in [0.2, 0.25) is 5.91 Å². The standard InChI is InChI=1S/C27H25NO4/c1-18(16-26(29)28-22-12-14-23(30-3)15-13-22)25-17-21-10-7-11-24(27(21)32-25)31-19(2)20-8-5-4-6-9-20/h4-17,19H,1-3H3,(H,28,29)/b18-16+. The molecule has 1 aromatic heterocycles. The van der Waals surface area contributed by atoms with E-state index in [0.29, 0.717) is 28.4 Å². The Morgan fingerprint density at radius 1 is 1.00 bits per heavy atom. The van der Waals surface area contributed by atoms with Crippen LogP contribution in [0.25, 0.3) is 16.5 Å². The first-order valence-corrected chi connectivity index (χ1v) is 10.4. The van der Waals surface area contributed by atoms with Crippen molar-refractivity contribution in [3.8, 4) is 11.5 Å². The second-order valence-electron chi connectivity index (χ2n) is 7.50. The van der Waals surface area contributed by atoms with Crippen molar-refractivity contribution in [2.45, 2.75) is 20.0 Å². The number of carbonyl (C=O) groups is 1. The molecule has 0 saturated carbocycles. The lowest BCUT2D eigenvalue weighted by atomic mass is 10.1. The summed E-state index contributed by atoms with van der Waals surface area (Å²) < 4.78 is 17.4. The van der Waals surface area contributed by atoms with E-state index >= 15 is 0 Å². The lowest BCUT2D eigenvalue weighted by Crippen LogP contribution is -2.08. The number of amides is 1. The van der Waals surface area contributed by atoms with Crippen molar-refractivity contribution in [1.82, 2.24) is 0 Å². The van der Waals surface area contributed by atoms with Gasteiger partial charge in [-0.25, -0.2) is 0 Å². The van der Waals surface area contributed by atoms with Crippen LogP contribution in [0.3, 0.4) is 0 Å². The van der Waals surface area contributed by atoms with Gasteiger partial charge in [0, 0.05) is 17.1 Å². The minimum Gasteiger partial charge on any atom is -0.497 e. The highest BCUT2D eigenvalue weighted by atomic mass is 16.5. The number of allylic oxidation sites excluding steroid dienone is 1. The van der Waals surface area contributed by atoms with E-state index < -0.39 is 0 Å². The first-order chi connectivity index (χ1) is 15.5. The maximum absolute atomic E-state index is 12.5. The first kappa shape index (κ1) is 21.2. The summed E-state index contributed by atoms with van der Waals surface area (Å²) >= 11 is 0. The number of rotatable bonds is 7. The Bertz CT molecular complexity index is 1240. The Morgan fingerprint density at radius 2 is 1.75 bits per heavy atom. The van der Waals surface area contributed by atoms with Gasteiger partial charge in [0.25, 0.3) is 0 Å². The van der Waals surface area contributed by atoms with Gasteiger partial charge in [0.15, 0.2) is 11.3 Å². The Kier molecular flexibility index (Phi) is 6.26. The molecule has 1 heterocycles. The SMILES string of the molecule is COc1ccc(NC(=O)/C=C(\C)c2cc3cccc(OC(C)c4ccccc4)c3o2)cc1. The number of hydrogen-bond acceptors (Lipinski definition) is 4. The molecule has 0 bridgehead atoms. The third-order valence-corrected chi connectivity index (χ3v) is 5.17. The van der Waals surface area contributed by atoms with Gasteiger partial charge in [-0.3, -0.25) is 4.79 Å². The van der Waals surface area contributed by atoms with Crippen molar-refractivity contribution in [3.63, 3.8) is 0 Å². The fourth-order valence-corrected chi connectivity index (χ4v) is 3.43. The summed E-state index contributed by atoms with van der Waals surface area (Å²) in [6.45, 7) is 3.85. The van der Waals surface area contributed by atoms with E-state index in [-0.39, 0.29) is 12.0 Å². The zero-order valence-corrected chi connectivity index (χ0v) is 18.3. The second kappa shape index (κ2) is 9.43. The molecule has 4 rings (SSSR count). The molecule has 1 amide bonds. The van der Waals surface area contributed by atoms with Crippen molar-refractivity contribution in [2.75, 3.05) is 12.4 Å². The number of carbonyl (C=O) groups excluding carboxylic acids is 1. The van der Waals surface area contributed by atoms with Gasteiger partial charge in [-0.2, -0.15) is 0 Å². The molecule has 5 nitrogen and oxygen atoms in total. The summed E-state index contributed by atoms with van der Waals surface area (Å²) in [7, 11) is 1.60. The van der Waals surface area contributed by atoms with Crippen LogP contribution in [-0.4, -0.2) is 13.0 Å². The van der Waals surface area contributed by atoms with Crippen LogP contribution in [0.5, 0.6) is 11.5 Å². The number of para-hydroxylation sites is 1. The number of anilines is 1. The van der Waals surface area contributed by atoms with E-state index in [1.54, 1.807) is 31.4 Å². The van der Waals surface area contributed by atoms with Crippen molar-refractivity contribution in [3.05, 3.63) is 96.3 Å². The topological polar surface area (TPSA) is 60.7 Å². The summed E-state index contributed by atoms with van der Waals surface area (Å²) in [6.07, 6.45) is 1.40. The number of fused-ring (bicyclic) bond motifs is 1. The Labute approximate surface area is 187 Å². The molecule has 162 valence electrons. The number of ether oxygens (including phenoxy) is 2. The van der Waals surface area contributed by atoms with E-state index in [1.807, 2.05) is 68.4 Å². The van der Waals surface area contributed by atoms with E-state index in [2.05, 4.69) is 5.32 Å². The molecule has 1 atom stereocenters. The minimum absolute atomic E-state index is 0.123. The molecule has 0 aliphatic rings. The molecule has 0 radical (unpaired) electrons. The highest BCUT2D eigenvalue weighted by molar-refractivity contribution is 6.04. The molecular formula is C27H25NO4. The average Bonchev–Trinajstić information content (AvgIpc) is 3.26. The van der Waals surface area contributed by atoms with Crippen molar-refractivity contribution < 1.29 is 18.7 Å². The largest absolute Gasteiger partial charge is 0.497 e. The molecule has 1 unspecified atom stereocenters. The quantitative estimate of drug-likeness (QED) is 0.337. The van der Waals surface area contributed by atoms with Crippen LogP contribution in [0.1, 0.15) is 31.3 Å². The summed E-state index contributed by atoms with van der Waals surface area (Å²) in [4.78, 5) is 12.5. The summed E-state index contributed by atoms with van der Waals surface area (Å²) in [6, 6.07) is 24.9. The van der Waals surface area contributed by atoms with Gasteiger partial charge in [-0.15, -0.1) is 0 Å². The lowest BCUT2D eigenvalue weighted by Gasteiger charge is -2.15. The molecule has 0 spiro atoms. The monoisotopic (exact) mass is 427 g/mol. The zero-order valence-electron chi connectivity index (χ0n) is 18.3. The van der Waals surface area contributed by atoms with Crippen LogP contribution in [0, 0.1) is 0 Å². The zero-order chi connectivity index (χ0) is 22.5. The first-order valence-electron chi connectivity index (χ1n) is 10.4. The fourth-order valence-electron chi connectivity index (χ4n) is 3.43. The predicted molar refractivity (Wildman–Crippen MR) is 127 cm³/mol. The molecule has 0 aliphatic heterocycles. The van der Waals surface area contributed by atoms with Crippen LogP contribution >= 0.6 is 0 Å². The lowest BCUT2D eigenvalue weighted by molar-refractivity contribution is -0.111. The van der Waals surface area contributed by atoms with Gasteiger partial charge in [0.05, 0.1) is 7.11 Å². The van der Waals surface area contributed by atoms with Crippen LogP contribution in [0.2, 0.25) is 0 Å². The number of nitrogens with one attached hydrogen (secondary N) is 1. The fraction of sp³-hybridized carbons (Fsp3) is 0.148. The average molecular weight is 428 g/mol. The summed E-state index contributed by atoms with van der Waals surface area (Å²) in [5.74, 6) is 1.78. The minimum atomic E-state index is -0.234. The van der Waals surface area contributed by atoms with Crippen molar-refractivity contribution >= 4 is 28.1 Å². The van der Waals surface area contributed by atoms with E-state index in [9.17, 15) is 4.79 Å². The van der Waals surface area contributed by atoms with Gasteiger partial charge < -0.3 is 19.2 Å². The van der Waals surface area contributed by atoms with Gasteiger partial charge >= 0.3 is 0 Å².